The van der Waals surface area contributed by atoms with Gasteiger partial charge in [0, 0.05) is 7.79 Å². The van der Waals surface area contributed by atoms with Gasteiger partial charge < -0.3 is 25.2 Å². The predicted molar refractivity (Wildman–Crippen MR) is 83.7 cm³/mol. The summed E-state index contributed by atoms with van der Waals surface area (Å²) in [5.41, 5.74) is 0. The SMILES string of the molecule is [2H]C(CCCC)CCCCC(=O)O[C@@H](C=O)[C@@H](O)[C@H](O)[C@H](O)CO. The van der Waals surface area contributed by atoms with Crippen molar-refractivity contribution in [1.82, 2.24) is 0 Å². The fraction of sp³-hybridized carbons (Fsp3) is 0.875. The Kier molecular flexibility index (Phi) is 11.7. The van der Waals surface area contributed by atoms with Crippen LogP contribution in [-0.2, 0) is 14.3 Å². The number of ether oxygens (including phenoxy) is 1. The van der Waals surface area contributed by atoms with Crippen molar-refractivity contribution in [3.8, 4) is 0 Å². The highest BCUT2D eigenvalue weighted by Crippen LogP contribution is 2.11. The Hall–Kier alpha value is -1.02. The molecule has 1 unspecified atom stereocenters. The summed E-state index contributed by atoms with van der Waals surface area (Å²) in [7, 11) is 0. The van der Waals surface area contributed by atoms with Gasteiger partial charge in [-0.1, -0.05) is 45.4 Å². The molecule has 0 aromatic heterocycles. The molecule has 0 aromatic rings. The molecule has 0 rings (SSSR count). The average molecular weight is 335 g/mol. The second-order valence-electron chi connectivity index (χ2n) is 5.50. The van der Waals surface area contributed by atoms with Crippen LogP contribution in [0.25, 0.3) is 0 Å². The van der Waals surface area contributed by atoms with Crippen molar-refractivity contribution in [3.05, 3.63) is 0 Å². The Bertz CT molecular complexity index is 353. The van der Waals surface area contributed by atoms with Crippen molar-refractivity contribution in [1.29, 1.82) is 0 Å². The van der Waals surface area contributed by atoms with Crippen LogP contribution in [0.4, 0.5) is 0 Å². The molecule has 0 spiro atoms. The number of hydrogen-bond acceptors (Lipinski definition) is 7. The maximum atomic E-state index is 11.7. The van der Waals surface area contributed by atoms with Gasteiger partial charge in [0.15, 0.2) is 12.4 Å². The molecule has 136 valence electrons. The van der Waals surface area contributed by atoms with E-state index in [1.54, 1.807) is 0 Å². The fourth-order valence-corrected chi connectivity index (χ4v) is 1.97. The van der Waals surface area contributed by atoms with Crippen LogP contribution in [0.1, 0.15) is 59.6 Å². The molecule has 0 aliphatic rings. The summed E-state index contributed by atoms with van der Waals surface area (Å²) < 4.78 is 12.6. The summed E-state index contributed by atoms with van der Waals surface area (Å²) in [4.78, 5) is 22.6. The van der Waals surface area contributed by atoms with Crippen LogP contribution in [-0.4, -0.2) is 63.7 Å². The van der Waals surface area contributed by atoms with E-state index in [4.69, 9.17) is 11.2 Å². The van der Waals surface area contributed by atoms with Crippen molar-refractivity contribution in [2.24, 2.45) is 0 Å². The van der Waals surface area contributed by atoms with Crippen LogP contribution in [0.3, 0.4) is 0 Å². The molecule has 0 aliphatic heterocycles. The quantitative estimate of drug-likeness (QED) is 0.205. The molecule has 0 fully saturated rings. The third-order valence-corrected chi connectivity index (χ3v) is 3.47. The normalized spacial score (nSPS) is 18.4. The minimum absolute atomic E-state index is 0.0379. The number of esters is 1. The van der Waals surface area contributed by atoms with E-state index in [0.717, 1.165) is 19.3 Å². The topological polar surface area (TPSA) is 124 Å². The van der Waals surface area contributed by atoms with Crippen LogP contribution in [0.15, 0.2) is 0 Å². The summed E-state index contributed by atoms with van der Waals surface area (Å²) in [6.07, 6.45) is -2.03. The zero-order chi connectivity index (χ0) is 18.5. The number of aliphatic hydroxyl groups excluding tert-OH is 4. The first-order chi connectivity index (χ1) is 11.4. The van der Waals surface area contributed by atoms with Crippen LogP contribution in [0, 0.1) is 0 Å². The molecule has 0 amide bonds. The molecule has 5 atom stereocenters. The molecule has 0 saturated carbocycles. The van der Waals surface area contributed by atoms with E-state index in [1.165, 1.54) is 0 Å². The molecule has 0 bridgehead atoms. The van der Waals surface area contributed by atoms with Gasteiger partial charge in [0.1, 0.15) is 18.3 Å². The van der Waals surface area contributed by atoms with E-state index in [9.17, 15) is 24.9 Å². The number of aldehydes is 1. The van der Waals surface area contributed by atoms with Crippen molar-refractivity contribution in [2.75, 3.05) is 6.61 Å². The van der Waals surface area contributed by atoms with Gasteiger partial charge in [-0.3, -0.25) is 9.59 Å². The maximum absolute atomic E-state index is 11.7. The minimum Gasteiger partial charge on any atom is -0.452 e. The predicted octanol–water partition coefficient (Wildman–Crippen LogP) is 0.313. The van der Waals surface area contributed by atoms with Gasteiger partial charge in [-0.15, -0.1) is 0 Å². The number of rotatable bonds is 14. The molecule has 23 heavy (non-hydrogen) atoms. The molecule has 0 saturated heterocycles. The Morgan fingerprint density at radius 1 is 1.13 bits per heavy atom. The highest BCUT2D eigenvalue weighted by atomic mass is 16.6. The van der Waals surface area contributed by atoms with Gasteiger partial charge in [0.2, 0.25) is 0 Å². The highest BCUT2D eigenvalue weighted by Gasteiger charge is 2.33. The van der Waals surface area contributed by atoms with Gasteiger partial charge in [0.05, 0.1) is 6.61 Å². The zero-order valence-electron chi connectivity index (χ0n) is 14.6. The smallest absolute Gasteiger partial charge is 0.306 e. The number of unbranched alkanes of at least 4 members (excludes halogenated alkanes) is 2. The standard InChI is InChI=1S/C16H30O7/c1-2-3-4-5-6-7-8-9-14(20)23-13(11-18)16(22)15(21)12(19)10-17/h11-13,15-17,19,21-22H,2-10H2,1H3/t12-,13+,15-,16-/m1/s1/i5D/t5?,12-,13+,15-,16-. The Balaban J connectivity index is 4.12. The molecule has 0 radical (unpaired) electrons. The largest absolute Gasteiger partial charge is 0.452 e. The van der Waals surface area contributed by atoms with E-state index in [-0.39, 0.29) is 19.1 Å². The summed E-state index contributed by atoms with van der Waals surface area (Å²) in [6, 6.07) is 0. The lowest BCUT2D eigenvalue weighted by Gasteiger charge is -2.25. The molecular formula is C16H30O7. The van der Waals surface area contributed by atoms with Gasteiger partial charge in [-0.05, 0) is 6.42 Å². The van der Waals surface area contributed by atoms with Gasteiger partial charge in [-0.2, -0.15) is 0 Å². The molecular weight excluding hydrogens is 304 g/mol. The number of carbonyl (C=O) groups excluding carboxylic acids is 2. The number of hydrogen-bond donors (Lipinski definition) is 4. The highest BCUT2D eigenvalue weighted by molar-refractivity contribution is 5.72. The summed E-state index contributed by atoms with van der Waals surface area (Å²) in [6.45, 7) is 1.27. The van der Waals surface area contributed by atoms with Crippen LogP contribution in [0.2, 0.25) is 0 Å². The molecule has 7 nitrogen and oxygen atoms in total. The molecule has 0 heterocycles. The van der Waals surface area contributed by atoms with Gasteiger partial charge in [-0.25, -0.2) is 0 Å². The van der Waals surface area contributed by atoms with Crippen molar-refractivity contribution >= 4 is 12.3 Å². The zero-order valence-corrected chi connectivity index (χ0v) is 13.6. The van der Waals surface area contributed by atoms with Crippen molar-refractivity contribution < 1.29 is 36.1 Å². The summed E-state index contributed by atoms with van der Waals surface area (Å²) >= 11 is 0. The first-order valence-corrected chi connectivity index (χ1v) is 8.09. The lowest BCUT2D eigenvalue weighted by atomic mass is 10.0. The fourth-order valence-electron chi connectivity index (χ4n) is 1.97. The van der Waals surface area contributed by atoms with E-state index >= 15 is 0 Å². The van der Waals surface area contributed by atoms with Crippen molar-refractivity contribution in [2.45, 2.75) is 82.7 Å². The van der Waals surface area contributed by atoms with Gasteiger partial charge in [0.25, 0.3) is 0 Å². The monoisotopic (exact) mass is 335 g/mol. The van der Waals surface area contributed by atoms with E-state index in [0.29, 0.717) is 19.3 Å². The summed E-state index contributed by atoms with van der Waals surface area (Å²) in [5, 5.41) is 37.1. The minimum atomic E-state index is -1.82. The van der Waals surface area contributed by atoms with E-state index < -0.39 is 37.0 Å². The van der Waals surface area contributed by atoms with Gasteiger partial charge >= 0.3 is 5.97 Å². The molecule has 0 aliphatic carbocycles. The van der Waals surface area contributed by atoms with Crippen LogP contribution >= 0.6 is 0 Å². The molecule has 4 N–H and O–H groups in total. The van der Waals surface area contributed by atoms with Crippen LogP contribution < -0.4 is 0 Å². The molecule has 0 aromatic carbocycles. The lowest BCUT2D eigenvalue weighted by molar-refractivity contribution is -0.168. The first kappa shape index (κ1) is 20.0. The first-order valence-electron chi connectivity index (χ1n) is 8.67. The second-order valence-corrected chi connectivity index (χ2v) is 5.50. The lowest BCUT2D eigenvalue weighted by Crippen LogP contribution is -2.48. The Morgan fingerprint density at radius 2 is 1.78 bits per heavy atom. The number of aliphatic hydroxyl groups is 4. The van der Waals surface area contributed by atoms with Crippen LogP contribution in [0.5, 0.6) is 0 Å². The Morgan fingerprint density at radius 3 is 2.35 bits per heavy atom. The maximum Gasteiger partial charge on any atom is 0.306 e. The third-order valence-electron chi connectivity index (χ3n) is 3.47. The molecule has 7 heteroatoms. The van der Waals surface area contributed by atoms with E-state index in [1.807, 2.05) is 0 Å². The second kappa shape index (κ2) is 13.4. The summed E-state index contributed by atoms with van der Waals surface area (Å²) in [5.74, 6) is -0.702. The average Bonchev–Trinajstić information content (AvgIpc) is 2.59. The number of carbonyl (C=O) groups is 2. The van der Waals surface area contributed by atoms with E-state index in [2.05, 4.69) is 6.92 Å². The Labute approximate surface area is 138 Å². The third kappa shape index (κ3) is 9.65. The van der Waals surface area contributed by atoms with Crippen molar-refractivity contribution in [3.63, 3.8) is 0 Å².